The second-order valence-corrected chi connectivity index (χ2v) is 2.79. The minimum absolute atomic E-state index is 0.237. The third-order valence-corrected chi connectivity index (χ3v) is 1.85. The summed E-state index contributed by atoms with van der Waals surface area (Å²) >= 11 is 0. The normalized spacial score (nSPS) is 19.3. The molecule has 7 nitrogen and oxygen atoms in total. The Kier molecular flexibility index (Phi) is 1.93. The van der Waals surface area contributed by atoms with Gasteiger partial charge in [0, 0.05) is 0 Å². The molecule has 1 aliphatic rings. The average Bonchev–Trinajstić information content (AvgIpc) is 2.19. The van der Waals surface area contributed by atoms with Crippen LogP contribution in [-0.4, -0.2) is 22.0 Å². The van der Waals surface area contributed by atoms with E-state index in [1.807, 2.05) is 0 Å². The number of amides is 1. The highest BCUT2D eigenvalue weighted by Gasteiger charge is 2.27. The number of carbonyl (C=O) groups excluding carboxylic acids is 1. The lowest BCUT2D eigenvalue weighted by molar-refractivity contribution is -0.122. The SMILES string of the molecule is CC1Oc2c(NN)ncnc2NC1=O. The fraction of sp³-hybridized carbons (Fsp3) is 0.286. The molecule has 4 N–H and O–H groups in total. The van der Waals surface area contributed by atoms with E-state index in [1.165, 1.54) is 6.33 Å². The van der Waals surface area contributed by atoms with E-state index in [-0.39, 0.29) is 5.91 Å². The largest absolute Gasteiger partial charge is 0.473 e. The van der Waals surface area contributed by atoms with E-state index in [0.29, 0.717) is 17.4 Å². The number of hydrogen-bond donors (Lipinski definition) is 3. The molecular formula is C7H9N5O2. The quantitative estimate of drug-likeness (QED) is 0.411. The molecule has 2 rings (SSSR count). The average molecular weight is 195 g/mol. The summed E-state index contributed by atoms with van der Waals surface area (Å²) in [7, 11) is 0. The van der Waals surface area contributed by atoms with Gasteiger partial charge in [-0.15, -0.1) is 0 Å². The van der Waals surface area contributed by atoms with E-state index in [0.717, 1.165) is 0 Å². The summed E-state index contributed by atoms with van der Waals surface area (Å²) in [6, 6.07) is 0. The molecular weight excluding hydrogens is 186 g/mol. The second-order valence-electron chi connectivity index (χ2n) is 2.79. The maximum Gasteiger partial charge on any atom is 0.266 e. The molecule has 0 aromatic carbocycles. The lowest BCUT2D eigenvalue weighted by Gasteiger charge is -2.23. The van der Waals surface area contributed by atoms with Gasteiger partial charge < -0.3 is 15.5 Å². The van der Waals surface area contributed by atoms with Gasteiger partial charge in [-0.05, 0) is 6.92 Å². The number of aromatic nitrogens is 2. The molecule has 0 spiro atoms. The summed E-state index contributed by atoms with van der Waals surface area (Å²) in [5.74, 6) is 6.03. The van der Waals surface area contributed by atoms with Crippen LogP contribution in [0, 0.1) is 0 Å². The maximum atomic E-state index is 11.2. The van der Waals surface area contributed by atoms with E-state index < -0.39 is 6.10 Å². The number of nitrogens with zero attached hydrogens (tertiary/aromatic N) is 2. The highest BCUT2D eigenvalue weighted by Crippen LogP contribution is 2.32. The number of nitrogen functional groups attached to an aromatic ring is 1. The molecule has 1 aliphatic heterocycles. The number of anilines is 2. The number of nitrogens with one attached hydrogen (secondary N) is 2. The van der Waals surface area contributed by atoms with E-state index in [4.69, 9.17) is 10.6 Å². The molecule has 1 amide bonds. The van der Waals surface area contributed by atoms with Crippen molar-refractivity contribution in [2.75, 3.05) is 10.7 Å². The second kappa shape index (κ2) is 3.11. The van der Waals surface area contributed by atoms with Crippen molar-refractivity contribution in [3.8, 4) is 5.75 Å². The first-order chi connectivity index (χ1) is 6.72. The van der Waals surface area contributed by atoms with E-state index in [9.17, 15) is 4.79 Å². The van der Waals surface area contributed by atoms with Gasteiger partial charge in [-0.25, -0.2) is 15.8 Å². The van der Waals surface area contributed by atoms with Gasteiger partial charge in [-0.2, -0.15) is 0 Å². The zero-order valence-corrected chi connectivity index (χ0v) is 7.44. The standard InChI is InChI=1S/C7H9N5O2/c1-3-7(13)11-5-4(14-3)6(12-8)10-2-9-5/h2-3H,8H2,1H3,(H2,9,10,11,12,13). The van der Waals surface area contributed by atoms with Crippen molar-refractivity contribution in [2.24, 2.45) is 5.84 Å². The molecule has 1 atom stereocenters. The Morgan fingerprint density at radius 3 is 3.14 bits per heavy atom. The van der Waals surface area contributed by atoms with Crippen LogP contribution in [0.15, 0.2) is 6.33 Å². The topological polar surface area (TPSA) is 102 Å². The number of fused-ring (bicyclic) bond motifs is 1. The molecule has 0 fully saturated rings. The summed E-state index contributed by atoms with van der Waals surface area (Å²) < 4.78 is 5.29. The van der Waals surface area contributed by atoms with Gasteiger partial charge >= 0.3 is 0 Å². The van der Waals surface area contributed by atoms with Crippen LogP contribution in [0.25, 0.3) is 0 Å². The summed E-state index contributed by atoms with van der Waals surface area (Å²) in [5, 5.41) is 2.57. The van der Waals surface area contributed by atoms with Crippen molar-refractivity contribution < 1.29 is 9.53 Å². The third-order valence-electron chi connectivity index (χ3n) is 1.85. The molecule has 0 radical (unpaired) electrons. The van der Waals surface area contributed by atoms with Crippen molar-refractivity contribution in [1.29, 1.82) is 0 Å². The van der Waals surface area contributed by atoms with Gasteiger partial charge in [0.2, 0.25) is 5.75 Å². The molecule has 2 heterocycles. The summed E-state index contributed by atoms with van der Waals surface area (Å²) in [6.45, 7) is 1.63. The van der Waals surface area contributed by atoms with Crippen LogP contribution in [0.1, 0.15) is 6.92 Å². The van der Waals surface area contributed by atoms with Gasteiger partial charge in [-0.3, -0.25) is 4.79 Å². The van der Waals surface area contributed by atoms with Crippen molar-refractivity contribution in [3.05, 3.63) is 6.33 Å². The van der Waals surface area contributed by atoms with E-state index in [1.54, 1.807) is 6.92 Å². The van der Waals surface area contributed by atoms with Gasteiger partial charge in [0.05, 0.1) is 0 Å². The van der Waals surface area contributed by atoms with Crippen LogP contribution < -0.4 is 21.3 Å². The number of hydrazine groups is 1. The molecule has 1 aromatic heterocycles. The summed E-state index contributed by atoms with van der Waals surface area (Å²) in [6.07, 6.45) is 0.716. The van der Waals surface area contributed by atoms with Crippen molar-refractivity contribution in [3.63, 3.8) is 0 Å². The Balaban J connectivity index is 2.46. The van der Waals surface area contributed by atoms with Crippen molar-refractivity contribution >= 4 is 17.5 Å². The molecule has 0 aliphatic carbocycles. The number of rotatable bonds is 1. The van der Waals surface area contributed by atoms with Crippen molar-refractivity contribution in [2.45, 2.75) is 13.0 Å². The zero-order valence-electron chi connectivity index (χ0n) is 7.44. The molecule has 1 aromatic rings. The zero-order chi connectivity index (χ0) is 10.1. The van der Waals surface area contributed by atoms with Crippen molar-refractivity contribution in [1.82, 2.24) is 9.97 Å². The Morgan fingerprint density at radius 1 is 1.64 bits per heavy atom. The number of carbonyl (C=O) groups is 1. The first-order valence-electron chi connectivity index (χ1n) is 4.01. The Labute approximate surface area is 79.6 Å². The lowest BCUT2D eigenvalue weighted by atomic mass is 10.3. The highest BCUT2D eigenvalue weighted by molar-refractivity contribution is 5.97. The minimum atomic E-state index is -0.569. The van der Waals surface area contributed by atoms with E-state index in [2.05, 4.69) is 20.7 Å². The monoisotopic (exact) mass is 195 g/mol. The predicted molar refractivity (Wildman–Crippen MR) is 48.6 cm³/mol. The fourth-order valence-electron chi connectivity index (χ4n) is 1.13. The number of nitrogens with two attached hydrogens (primary N) is 1. The van der Waals surface area contributed by atoms with Gasteiger partial charge in [0.25, 0.3) is 5.91 Å². The first-order valence-corrected chi connectivity index (χ1v) is 4.01. The van der Waals surface area contributed by atoms with Gasteiger partial charge in [0.15, 0.2) is 17.7 Å². The predicted octanol–water partition coefficient (Wildman–Crippen LogP) is -0.518. The lowest BCUT2D eigenvalue weighted by Crippen LogP contribution is -2.35. The van der Waals surface area contributed by atoms with Gasteiger partial charge in [0.1, 0.15) is 6.33 Å². The third kappa shape index (κ3) is 1.23. The molecule has 74 valence electrons. The fourth-order valence-corrected chi connectivity index (χ4v) is 1.13. The summed E-state index contributed by atoms with van der Waals surface area (Å²) in [5.41, 5.74) is 2.36. The Bertz CT molecular complexity index is 380. The van der Waals surface area contributed by atoms with Crippen LogP contribution >= 0.6 is 0 Å². The molecule has 0 saturated heterocycles. The Hall–Kier alpha value is -1.89. The maximum absolute atomic E-state index is 11.2. The van der Waals surface area contributed by atoms with Crippen LogP contribution in [0.5, 0.6) is 5.75 Å². The van der Waals surface area contributed by atoms with Crippen LogP contribution in [0.3, 0.4) is 0 Å². The van der Waals surface area contributed by atoms with Crippen LogP contribution in [0.2, 0.25) is 0 Å². The molecule has 0 bridgehead atoms. The van der Waals surface area contributed by atoms with Crippen LogP contribution in [0.4, 0.5) is 11.6 Å². The highest BCUT2D eigenvalue weighted by atomic mass is 16.5. The molecule has 14 heavy (non-hydrogen) atoms. The molecule has 7 heteroatoms. The molecule has 0 saturated carbocycles. The summed E-state index contributed by atoms with van der Waals surface area (Å²) in [4.78, 5) is 18.9. The minimum Gasteiger partial charge on any atom is -0.473 e. The smallest absolute Gasteiger partial charge is 0.266 e. The van der Waals surface area contributed by atoms with Crippen LogP contribution in [-0.2, 0) is 4.79 Å². The number of hydrogen-bond acceptors (Lipinski definition) is 6. The molecule has 1 unspecified atom stereocenters. The van der Waals surface area contributed by atoms with Gasteiger partial charge in [-0.1, -0.05) is 0 Å². The van der Waals surface area contributed by atoms with E-state index >= 15 is 0 Å². The first kappa shape index (κ1) is 8.70. The Morgan fingerprint density at radius 2 is 2.43 bits per heavy atom. The number of ether oxygens (including phenoxy) is 1.